The summed E-state index contributed by atoms with van der Waals surface area (Å²) in [5.41, 5.74) is 4.78. The summed E-state index contributed by atoms with van der Waals surface area (Å²) in [7, 11) is 2.00. The summed E-state index contributed by atoms with van der Waals surface area (Å²) < 4.78 is 5.60. The third-order valence-electron chi connectivity index (χ3n) is 3.81. The van der Waals surface area contributed by atoms with E-state index in [1.54, 1.807) is 5.01 Å². The predicted molar refractivity (Wildman–Crippen MR) is 90.4 cm³/mol. The Hall–Kier alpha value is -2.37. The first-order valence-corrected chi connectivity index (χ1v) is 7.75. The number of ether oxygens (including phenoxy) is 1. The van der Waals surface area contributed by atoms with Gasteiger partial charge in [0.1, 0.15) is 0 Å². The van der Waals surface area contributed by atoms with Gasteiger partial charge in [0.25, 0.3) is 5.91 Å². The molecule has 5 heteroatoms. The summed E-state index contributed by atoms with van der Waals surface area (Å²) in [5.74, 6) is -0.135. The fourth-order valence-electron chi connectivity index (χ4n) is 2.55. The number of carbonyl (C=O) groups is 1. The molecular weight excluding hydrogens is 290 g/mol. The van der Waals surface area contributed by atoms with Crippen LogP contribution in [0.1, 0.15) is 0 Å². The van der Waals surface area contributed by atoms with Crippen LogP contribution in [0.5, 0.6) is 0 Å². The van der Waals surface area contributed by atoms with E-state index in [0.717, 1.165) is 17.9 Å². The summed E-state index contributed by atoms with van der Waals surface area (Å²) in [5, 5.41) is 1.79. The van der Waals surface area contributed by atoms with Crippen molar-refractivity contribution < 1.29 is 9.53 Å². The third kappa shape index (κ3) is 3.88. The molecule has 120 valence electrons. The van der Waals surface area contributed by atoms with Gasteiger partial charge in [0.05, 0.1) is 18.0 Å². The second-order valence-corrected chi connectivity index (χ2v) is 5.60. The Labute approximate surface area is 136 Å². The first kappa shape index (κ1) is 15.5. The Morgan fingerprint density at radius 3 is 2.17 bits per heavy atom. The number of amides is 1. The Kier molecular flexibility index (Phi) is 4.90. The molecule has 0 spiro atoms. The molecule has 1 heterocycles. The van der Waals surface area contributed by atoms with Crippen molar-refractivity contribution >= 4 is 17.3 Å². The zero-order valence-corrected chi connectivity index (χ0v) is 13.2. The number of anilines is 2. The van der Waals surface area contributed by atoms with Crippen LogP contribution < -0.4 is 10.4 Å². The van der Waals surface area contributed by atoms with E-state index >= 15 is 0 Å². The van der Waals surface area contributed by atoms with Gasteiger partial charge in [-0.3, -0.25) is 15.2 Å². The summed E-state index contributed by atoms with van der Waals surface area (Å²) >= 11 is 0. The molecule has 0 radical (unpaired) electrons. The fraction of sp³-hybridized carbons (Fsp3) is 0.278. The Bertz CT molecular complexity index is 594. The number of nitrogens with zero attached hydrogens (tertiary/aromatic N) is 2. The summed E-state index contributed by atoms with van der Waals surface area (Å²) in [6.45, 7) is 2.03. The molecule has 1 aliphatic rings. The molecule has 1 N–H and O–H groups in total. The van der Waals surface area contributed by atoms with Gasteiger partial charge in [-0.1, -0.05) is 36.4 Å². The molecule has 1 aliphatic heterocycles. The highest BCUT2D eigenvalue weighted by molar-refractivity contribution is 5.84. The molecule has 0 aromatic heterocycles. The van der Waals surface area contributed by atoms with E-state index in [-0.39, 0.29) is 5.91 Å². The van der Waals surface area contributed by atoms with Crippen LogP contribution in [0.15, 0.2) is 60.7 Å². The average Bonchev–Trinajstić information content (AvgIpc) is 2.61. The van der Waals surface area contributed by atoms with Gasteiger partial charge >= 0.3 is 0 Å². The van der Waals surface area contributed by atoms with Gasteiger partial charge in [0, 0.05) is 13.1 Å². The number of benzene rings is 2. The SMILES string of the molecule is CN1CCOC(C(=O)NN(c2ccccc2)c2ccccc2)C1. The maximum Gasteiger partial charge on any atom is 0.269 e. The van der Waals surface area contributed by atoms with Crippen LogP contribution in [-0.4, -0.2) is 43.7 Å². The van der Waals surface area contributed by atoms with Gasteiger partial charge in [0.2, 0.25) is 0 Å². The van der Waals surface area contributed by atoms with E-state index in [2.05, 4.69) is 10.3 Å². The minimum absolute atomic E-state index is 0.135. The lowest BCUT2D eigenvalue weighted by atomic mass is 10.2. The molecule has 1 saturated heterocycles. The van der Waals surface area contributed by atoms with Crippen LogP contribution in [0.2, 0.25) is 0 Å². The third-order valence-corrected chi connectivity index (χ3v) is 3.81. The Morgan fingerprint density at radius 1 is 1.09 bits per heavy atom. The van der Waals surface area contributed by atoms with Gasteiger partial charge < -0.3 is 9.64 Å². The van der Waals surface area contributed by atoms with Crippen LogP contribution in [-0.2, 0) is 9.53 Å². The van der Waals surface area contributed by atoms with Gasteiger partial charge in [-0.15, -0.1) is 0 Å². The molecule has 23 heavy (non-hydrogen) atoms. The van der Waals surface area contributed by atoms with Crippen molar-refractivity contribution in [3.8, 4) is 0 Å². The van der Waals surface area contributed by atoms with Crippen molar-refractivity contribution in [3.63, 3.8) is 0 Å². The monoisotopic (exact) mass is 311 g/mol. The number of hydrogen-bond donors (Lipinski definition) is 1. The quantitative estimate of drug-likeness (QED) is 0.879. The number of hydrazine groups is 1. The summed E-state index contributed by atoms with van der Waals surface area (Å²) in [4.78, 5) is 14.7. The highest BCUT2D eigenvalue weighted by atomic mass is 16.5. The zero-order valence-electron chi connectivity index (χ0n) is 13.2. The Morgan fingerprint density at radius 2 is 1.65 bits per heavy atom. The molecule has 0 aliphatic carbocycles. The lowest BCUT2D eigenvalue weighted by Gasteiger charge is -2.32. The normalized spacial score (nSPS) is 18.4. The van der Waals surface area contributed by atoms with Crippen LogP contribution in [0, 0.1) is 0 Å². The summed E-state index contributed by atoms with van der Waals surface area (Å²) in [6, 6.07) is 19.5. The lowest BCUT2D eigenvalue weighted by Crippen LogP contribution is -2.52. The largest absolute Gasteiger partial charge is 0.366 e. The Balaban J connectivity index is 1.80. The smallest absolute Gasteiger partial charge is 0.269 e. The van der Waals surface area contributed by atoms with E-state index in [0.29, 0.717) is 13.2 Å². The number of rotatable bonds is 4. The predicted octanol–water partition coefficient (Wildman–Crippen LogP) is 2.19. The van der Waals surface area contributed by atoms with Gasteiger partial charge in [0.15, 0.2) is 6.10 Å². The van der Waals surface area contributed by atoms with Crippen molar-refractivity contribution in [2.45, 2.75) is 6.10 Å². The average molecular weight is 311 g/mol. The van der Waals surface area contributed by atoms with Crippen LogP contribution in [0.25, 0.3) is 0 Å². The molecule has 1 atom stereocenters. The highest BCUT2D eigenvalue weighted by Gasteiger charge is 2.26. The fourth-order valence-corrected chi connectivity index (χ4v) is 2.55. The summed E-state index contributed by atoms with van der Waals surface area (Å²) in [6.07, 6.45) is -0.455. The molecule has 1 fully saturated rings. The van der Waals surface area contributed by atoms with Crippen LogP contribution >= 0.6 is 0 Å². The topological polar surface area (TPSA) is 44.8 Å². The van der Waals surface area contributed by atoms with E-state index in [4.69, 9.17) is 4.74 Å². The zero-order chi connectivity index (χ0) is 16.1. The molecule has 2 aromatic carbocycles. The van der Waals surface area contributed by atoms with E-state index < -0.39 is 6.10 Å². The lowest BCUT2D eigenvalue weighted by molar-refractivity contribution is -0.137. The molecule has 1 amide bonds. The van der Waals surface area contributed by atoms with E-state index in [1.807, 2.05) is 67.7 Å². The van der Waals surface area contributed by atoms with Gasteiger partial charge in [-0.25, -0.2) is 0 Å². The minimum atomic E-state index is -0.455. The first-order chi connectivity index (χ1) is 11.2. The standard InChI is InChI=1S/C18H21N3O2/c1-20-12-13-23-17(14-20)18(22)19-21(15-8-4-2-5-9-15)16-10-6-3-7-11-16/h2-11,17H,12-14H2,1H3,(H,19,22). The highest BCUT2D eigenvalue weighted by Crippen LogP contribution is 2.22. The number of carbonyl (C=O) groups excluding carboxylic acids is 1. The minimum Gasteiger partial charge on any atom is -0.366 e. The number of nitrogens with one attached hydrogen (secondary N) is 1. The molecule has 2 aromatic rings. The molecule has 0 bridgehead atoms. The molecule has 0 saturated carbocycles. The number of likely N-dealkylation sites (N-methyl/N-ethyl adjacent to an activating group) is 1. The van der Waals surface area contributed by atoms with Crippen LogP contribution in [0.4, 0.5) is 11.4 Å². The molecule has 1 unspecified atom stereocenters. The van der Waals surface area contributed by atoms with Crippen molar-refractivity contribution in [2.75, 3.05) is 31.8 Å². The second-order valence-electron chi connectivity index (χ2n) is 5.60. The molecular formula is C18H21N3O2. The van der Waals surface area contributed by atoms with Gasteiger partial charge in [-0.2, -0.15) is 0 Å². The van der Waals surface area contributed by atoms with E-state index in [1.165, 1.54) is 0 Å². The van der Waals surface area contributed by atoms with Crippen molar-refractivity contribution in [3.05, 3.63) is 60.7 Å². The first-order valence-electron chi connectivity index (χ1n) is 7.75. The number of hydrogen-bond acceptors (Lipinski definition) is 4. The van der Waals surface area contributed by atoms with Crippen LogP contribution in [0.3, 0.4) is 0 Å². The van der Waals surface area contributed by atoms with Gasteiger partial charge in [-0.05, 0) is 31.3 Å². The maximum absolute atomic E-state index is 12.6. The van der Waals surface area contributed by atoms with Crippen molar-refractivity contribution in [1.82, 2.24) is 10.3 Å². The molecule has 5 nitrogen and oxygen atoms in total. The molecule has 3 rings (SSSR count). The number of para-hydroxylation sites is 2. The van der Waals surface area contributed by atoms with Crippen molar-refractivity contribution in [1.29, 1.82) is 0 Å². The van der Waals surface area contributed by atoms with E-state index in [9.17, 15) is 4.79 Å². The van der Waals surface area contributed by atoms with Crippen molar-refractivity contribution in [2.24, 2.45) is 0 Å². The maximum atomic E-state index is 12.6. The number of morpholine rings is 1. The second kappa shape index (κ2) is 7.26.